The van der Waals surface area contributed by atoms with Gasteiger partial charge < -0.3 is 5.32 Å². The second-order valence-corrected chi connectivity index (χ2v) is 5.83. The molecule has 0 radical (unpaired) electrons. The van der Waals surface area contributed by atoms with Crippen molar-refractivity contribution < 1.29 is 4.79 Å². The van der Waals surface area contributed by atoms with E-state index in [2.05, 4.69) is 5.32 Å². The first-order chi connectivity index (χ1) is 6.74. The maximum absolute atomic E-state index is 10.9. The summed E-state index contributed by atoms with van der Waals surface area (Å²) in [5.74, 6) is 1.82. The molecule has 2 fully saturated rings. The third-order valence-electron chi connectivity index (χ3n) is 3.33. The molecule has 0 amide bonds. The minimum absolute atomic E-state index is 0.272. The quantitative estimate of drug-likeness (QED) is 0.762. The van der Waals surface area contributed by atoms with Gasteiger partial charge in [-0.05, 0) is 31.6 Å². The maximum atomic E-state index is 10.9. The molecule has 0 aromatic carbocycles. The van der Waals surface area contributed by atoms with E-state index < -0.39 is 0 Å². The topological polar surface area (TPSA) is 29.1 Å². The van der Waals surface area contributed by atoms with Gasteiger partial charge in [-0.25, -0.2) is 0 Å². The van der Waals surface area contributed by atoms with E-state index in [0.29, 0.717) is 0 Å². The molecule has 1 N–H and O–H groups in total. The highest BCUT2D eigenvalue weighted by Gasteiger charge is 2.30. The van der Waals surface area contributed by atoms with Crippen molar-refractivity contribution in [3.63, 3.8) is 0 Å². The smallest absolute Gasteiger partial charge is 0.185 e. The van der Waals surface area contributed by atoms with Crippen LogP contribution in [0.2, 0.25) is 0 Å². The Morgan fingerprint density at radius 3 is 2.57 bits per heavy atom. The van der Waals surface area contributed by atoms with Crippen LogP contribution in [-0.2, 0) is 4.79 Å². The monoisotopic (exact) mass is 213 g/mol. The predicted octanol–water partition coefficient (Wildman–Crippen LogP) is 2.19. The summed E-state index contributed by atoms with van der Waals surface area (Å²) in [6.07, 6.45) is 6.66. The summed E-state index contributed by atoms with van der Waals surface area (Å²) in [4.78, 5) is 10.9. The Labute approximate surface area is 90.2 Å². The van der Waals surface area contributed by atoms with Crippen molar-refractivity contribution in [2.45, 2.75) is 51.1 Å². The molecule has 2 rings (SSSR count). The zero-order valence-electron chi connectivity index (χ0n) is 8.79. The SMILES string of the molecule is CC(=O)SCC1CC2CCCC(C1)N2. The molecule has 14 heavy (non-hydrogen) atoms. The van der Waals surface area contributed by atoms with Crippen molar-refractivity contribution in [2.75, 3.05) is 5.75 Å². The molecule has 2 unspecified atom stereocenters. The van der Waals surface area contributed by atoms with Gasteiger partial charge in [0.2, 0.25) is 0 Å². The molecule has 2 aliphatic rings. The number of hydrogen-bond donors (Lipinski definition) is 1. The van der Waals surface area contributed by atoms with Gasteiger partial charge in [-0.1, -0.05) is 18.2 Å². The average Bonchev–Trinajstić information content (AvgIpc) is 2.14. The molecule has 2 bridgehead atoms. The third kappa shape index (κ3) is 2.74. The fourth-order valence-electron chi connectivity index (χ4n) is 2.75. The van der Waals surface area contributed by atoms with E-state index in [1.54, 1.807) is 6.92 Å². The fraction of sp³-hybridized carbons (Fsp3) is 0.909. The van der Waals surface area contributed by atoms with Crippen molar-refractivity contribution in [3.8, 4) is 0 Å². The lowest BCUT2D eigenvalue weighted by Gasteiger charge is -2.40. The first-order valence-electron chi connectivity index (χ1n) is 5.63. The summed E-state index contributed by atoms with van der Waals surface area (Å²) in [6, 6.07) is 1.50. The van der Waals surface area contributed by atoms with Crippen LogP contribution in [0.3, 0.4) is 0 Å². The van der Waals surface area contributed by atoms with E-state index in [4.69, 9.17) is 0 Å². The lowest BCUT2D eigenvalue weighted by molar-refractivity contribution is -0.109. The van der Waals surface area contributed by atoms with Crippen LogP contribution in [0.15, 0.2) is 0 Å². The number of piperidine rings is 2. The van der Waals surface area contributed by atoms with Gasteiger partial charge in [-0.2, -0.15) is 0 Å². The minimum atomic E-state index is 0.272. The number of rotatable bonds is 2. The fourth-order valence-corrected chi connectivity index (χ4v) is 3.50. The number of carbonyl (C=O) groups is 1. The Hall–Kier alpha value is -0.0200. The first-order valence-corrected chi connectivity index (χ1v) is 6.62. The van der Waals surface area contributed by atoms with Crippen molar-refractivity contribution in [2.24, 2.45) is 5.92 Å². The standard InChI is InChI=1S/C11H19NOS/c1-8(13)14-7-9-5-10-3-2-4-11(6-9)12-10/h9-12H,2-7H2,1H3. The number of thioether (sulfide) groups is 1. The second kappa shape index (κ2) is 4.67. The van der Waals surface area contributed by atoms with E-state index in [-0.39, 0.29) is 5.12 Å². The molecule has 2 nitrogen and oxygen atoms in total. The first kappa shape index (κ1) is 10.5. The van der Waals surface area contributed by atoms with Gasteiger partial charge in [0.1, 0.15) is 0 Å². The van der Waals surface area contributed by atoms with Crippen LogP contribution in [0, 0.1) is 5.92 Å². The molecule has 0 aliphatic carbocycles. The van der Waals surface area contributed by atoms with Gasteiger partial charge in [0, 0.05) is 24.8 Å². The van der Waals surface area contributed by atoms with Crippen molar-refractivity contribution in [3.05, 3.63) is 0 Å². The molecule has 2 atom stereocenters. The number of fused-ring (bicyclic) bond motifs is 2. The summed E-state index contributed by atoms with van der Waals surface area (Å²) < 4.78 is 0. The van der Waals surface area contributed by atoms with Gasteiger partial charge in [-0.15, -0.1) is 0 Å². The van der Waals surface area contributed by atoms with Gasteiger partial charge in [0.15, 0.2) is 5.12 Å². The molecule has 2 aliphatic heterocycles. The molecule has 80 valence electrons. The highest BCUT2D eigenvalue weighted by molar-refractivity contribution is 8.13. The number of hydrogen-bond acceptors (Lipinski definition) is 3. The zero-order valence-corrected chi connectivity index (χ0v) is 9.61. The molecule has 0 saturated carbocycles. The van der Waals surface area contributed by atoms with E-state index in [1.165, 1.54) is 43.9 Å². The average molecular weight is 213 g/mol. The van der Waals surface area contributed by atoms with Crippen molar-refractivity contribution >= 4 is 16.9 Å². The van der Waals surface area contributed by atoms with Crippen LogP contribution >= 0.6 is 11.8 Å². The van der Waals surface area contributed by atoms with Crippen molar-refractivity contribution in [1.29, 1.82) is 0 Å². The van der Waals surface area contributed by atoms with Crippen LogP contribution < -0.4 is 5.32 Å². The summed E-state index contributed by atoms with van der Waals surface area (Å²) in [6.45, 7) is 1.67. The lowest BCUT2D eigenvalue weighted by atomic mass is 9.81. The normalized spacial score (nSPS) is 36.8. The van der Waals surface area contributed by atoms with Crippen LogP contribution in [-0.4, -0.2) is 23.0 Å². The molecule has 0 aromatic rings. The summed E-state index contributed by atoms with van der Waals surface area (Å²) in [5, 5.41) is 3.95. The van der Waals surface area contributed by atoms with E-state index in [1.807, 2.05) is 0 Å². The summed E-state index contributed by atoms with van der Waals surface area (Å²) in [5.41, 5.74) is 0. The zero-order chi connectivity index (χ0) is 9.97. The van der Waals surface area contributed by atoms with E-state index in [0.717, 1.165) is 23.8 Å². The van der Waals surface area contributed by atoms with Crippen LogP contribution in [0.25, 0.3) is 0 Å². The molecular formula is C11H19NOS. The molecule has 2 heterocycles. The van der Waals surface area contributed by atoms with Gasteiger partial charge >= 0.3 is 0 Å². The Morgan fingerprint density at radius 1 is 1.36 bits per heavy atom. The molecule has 0 spiro atoms. The summed E-state index contributed by atoms with van der Waals surface area (Å²) in [7, 11) is 0. The van der Waals surface area contributed by atoms with Crippen LogP contribution in [0.1, 0.15) is 39.0 Å². The summed E-state index contributed by atoms with van der Waals surface area (Å²) >= 11 is 1.51. The van der Waals surface area contributed by atoms with Gasteiger partial charge in [0.25, 0.3) is 0 Å². The number of nitrogens with one attached hydrogen (secondary N) is 1. The van der Waals surface area contributed by atoms with Crippen LogP contribution in [0.4, 0.5) is 0 Å². The molecule has 3 heteroatoms. The van der Waals surface area contributed by atoms with Crippen LogP contribution in [0.5, 0.6) is 0 Å². The lowest BCUT2D eigenvalue weighted by Crippen LogP contribution is -2.49. The molecule has 2 saturated heterocycles. The highest BCUT2D eigenvalue weighted by Crippen LogP contribution is 2.31. The van der Waals surface area contributed by atoms with Gasteiger partial charge in [0.05, 0.1) is 0 Å². The predicted molar refractivity (Wildman–Crippen MR) is 60.4 cm³/mol. The largest absolute Gasteiger partial charge is 0.311 e. The Kier molecular flexibility index (Phi) is 3.50. The Balaban J connectivity index is 1.80. The maximum Gasteiger partial charge on any atom is 0.185 e. The Morgan fingerprint density at radius 2 is 2.00 bits per heavy atom. The van der Waals surface area contributed by atoms with Gasteiger partial charge in [-0.3, -0.25) is 4.79 Å². The Bertz CT molecular complexity index is 207. The highest BCUT2D eigenvalue weighted by atomic mass is 32.2. The third-order valence-corrected chi connectivity index (χ3v) is 4.38. The second-order valence-electron chi connectivity index (χ2n) is 4.63. The van der Waals surface area contributed by atoms with E-state index in [9.17, 15) is 4.79 Å². The van der Waals surface area contributed by atoms with Crippen molar-refractivity contribution in [1.82, 2.24) is 5.32 Å². The molecular weight excluding hydrogens is 194 g/mol. The minimum Gasteiger partial charge on any atom is -0.311 e. The number of carbonyl (C=O) groups excluding carboxylic acids is 1. The van der Waals surface area contributed by atoms with E-state index >= 15 is 0 Å². The molecule has 0 aromatic heterocycles.